The van der Waals surface area contributed by atoms with E-state index in [1.807, 2.05) is 10.7 Å². The lowest BCUT2D eigenvalue weighted by Crippen LogP contribution is -2.06. The fourth-order valence-corrected chi connectivity index (χ4v) is 1.64. The number of aliphatic carboxylic acids is 1. The van der Waals surface area contributed by atoms with E-state index in [4.69, 9.17) is 5.11 Å². The largest absolute Gasteiger partial charge is 0.481 e. The van der Waals surface area contributed by atoms with Gasteiger partial charge in [0.1, 0.15) is 0 Å². The Morgan fingerprint density at radius 1 is 1.64 bits per heavy atom. The molecule has 0 amide bonds. The van der Waals surface area contributed by atoms with Crippen LogP contribution < -0.4 is 0 Å². The van der Waals surface area contributed by atoms with Crippen molar-refractivity contribution < 1.29 is 9.90 Å². The van der Waals surface area contributed by atoms with Crippen LogP contribution in [-0.4, -0.2) is 20.9 Å². The summed E-state index contributed by atoms with van der Waals surface area (Å²) in [5, 5.41) is 12.7. The Balaban J connectivity index is 1.88. The molecule has 1 saturated carbocycles. The van der Waals surface area contributed by atoms with E-state index in [2.05, 4.69) is 5.10 Å². The van der Waals surface area contributed by atoms with Crippen LogP contribution in [0.2, 0.25) is 0 Å². The minimum Gasteiger partial charge on any atom is -0.481 e. The number of hydrogen-bond acceptors (Lipinski definition) is 2. The third kappa shape index (κ3) is 2.13. The van der Waals surface area contributed by atoms with E-state index in [1.54, 1.807) is 6.20 Å². The molecular formula is C10H14N2O2. The van der Waals surface area contributed by atoms with Gasteiger partial charge < -0.3 is 5.11 Å². The average Bonchev–Trinajstić information content (AvgIpc) is 2.87. The van der Waals surface area contributed by atoms with Crippen molar-refractivity contribution in [1.82, 2.24) is 9.78 Å². The Hall–Kier alpha value is -1.32. The molecule has 0 saturated heterocycles. The van der Waals surface area contributed by atoms with Crippen LogP contribution >= 0.6 is 0 Å². The number of hydrogen-bond donors (Lipinski definition) is 1. The highest BCUT2D eigenvalue weighted by molar-refractivity contribution is 5.66. The van der Waals surface area contributed by atoms with E-state index in [1.165, 1.54) is 18.5 Å². The summed E-state index contributed by atoms with van der Waals surface area (Å²) in [5.41, 5.74) is 1.27. The maximum absolute atomic E-state index is 10.3. The lowest BCUT2D eigenvalue weighted by Gasteiger charge is -2.04. The molecule has 1 N–H and O–H groups in total. The lowest BCUT2D eigenvalue weighted by molar-refractivity contribution is -0.137. The molecule has 0 aliphatic heterocycles. The lowest BCUT2D eigenvalue weighted by atomic mass is 10.2. The molecule has 0 unspecified atom stereocenters. The van der Waals surface area contributed by atoms with Gasteiger partial charge in [0.05, 0.1) is 0 Å². The van der Waals surface area contributed by atoms with Gasteiger partial charge in [0.15, 0.2) is 0 Å². The van der Waals surface area contributed by atoms with Gasteiger partial charge in [-0.25, -0.2) is 0 Å². The second-order valence-corrected chi connectivity index (χ2v) is 3.75. The monoisotopic (exact) mass is 194 g/mol. The molecule has 1 aromatic heterocycles. The number of aryl methyl sites for hydroxylation is 1. The summed E-state index contributed by atoms with van der Waals surface area (Å²) in [5.74, 6) is -0.0487. The predicted molar refractivity (Wildman–Crippen MR) is 51.1 cm³/mol. The first-order chi connectivity index (χ1) is 6.77. The maximum atomic E-state index is 10.3. The molecule has 1 aliphatic rings. The Kier molecular flexibility index (Phi) is 2.52. The van der Waals surface area contributed by atoms with Gasteiger partial charge in [0, 0.05) is 30.8 Å². The van der Waals surface area contributed by atoms with Crippen molar-refractivity contribution in [2.75, 3.05) is 0 Å². The highest BCUT2D eigenvalue weighted by Crippen LogP contribution is 2.39. The third-order valence-electron chi connectivity index (χ3n) is 2.51. The summed E-state index contributed by atoms with van der Waals surface area (Å²) in [7, 11) is 0. The summed E-state index contributed by atoms with van der Waals surface area (Å²) in [6, 6.07) is 2.04. The molecule has 14 heavy (non-hydrogen) atoms. The van der Waals surface area contributed by atoms with Crippen LogP contribution in [0.5, 0.6) is 0 Å². The second-order valence-electron chi connectivity index (χ2n) is 3.75. The number of carboxylic acid groups (broad SMARTS) is 1. The van der Waals surface area contributed by atoms with Crippen molar-refractivity contribution in [2.45, 2.75) is 38.1 Å². The van der Waals surface area contributed by atoms with E-state index < -0.39 is 5.97 Å². The number of nitrogens with zero attached hydrogens (tertiary/aromatic N) is 2. The first kappa shape index (κ1) is 9.24. The third-order valence-corrected chi connectivity index (χ3v) is 2.51. The van der Waals surface area contributed by atoms with Gasteiger partial charge in [-0.1, -0.05) is 0 Å². The van der Waals surface area contributed by atoms with E-state index in [0.29, 0.717) is 12.3 Å². The molecule has 4 nitrogen and oxygen atoms in total. The number of carboxylic acids is 1. The van der Waals surface area contributed by atoms with E-state index in [-0.39, 0.29) is 6.42 Å². The molecule has 76 valence electrons. The smallest absolute Gasteiger partial charge is 0.303 e. The van der Waals surface area contributed by atoms with Crippen molar-refractivity contribution in [3.63, 3.8) is 0 Å². The van der Waals surface area contributed by atoms with Crippen LogP contribution in [0.25, 0.3) is 0 Å². The first-order valence-electron chi connectivity index (χ1n) is 5.01. The van der Waals surface area contributed by atoms with Crippen molar-refractivity contribution in [3.8, 4) is 0 Å². The minimum absolute atomic E-state index is 0.226. The molecule has 1 heterocycles. The molecule has 1 fully saturated rings. The first-order valence-corrected chi connectivity index (χ1v) is 5.01. The van der Waals surface area contributed by atoms with Gasteiger partial charge in [-0.15, -0.1) is 0 Å². The van der Waals surface area contributed by atoms with Crippen LogP contribution in [-0.2, 0) is 11.3 Å². The highest BCUT2D eigenvalue weighted by Gasteiger charge is 2.26. The van der Waals surface area contributed by atoms with Gasteiger partial charge in [0.25, 0.3) is 0 Å². The molecule has 1 aliphatic carbocycles. The Morgan fingerprint density at radius 3 is 3.07 bits per heavy atom. The summed E-state index contributed by atoms with van der Waals surface area (Å²) in [4.78, 5) is 10.3. The second kappa shape index (κ2) is 3.82. The van der Waals surface area contributed by atoms with E-state index in [9.17, 15) is 4.79 Å². The van der Waals surface area contributed by atoms with Gasteiger partial charge in [-0.05, 0) is 25.3 Å². The van der Waals surface area contributed by atoms with Crippen molar-refractivity contribution in [3.05, 3.63) is 18.0 Å². The van der Waals surface area contributed by atoms with E-state index >= 15 is 0 Å². The number of aromatic nitrogens is 2. The topological polar surface area (TPSA) is 55.1 Å². The van der Waals surface area contributed by atoms with Gasteiger partial charge in [-0.3, -0.25) is 9.48 Å². The molecule has 0 radical (unpaired) electrons. The molecular weight excluding hydrogens is 180 g/mol. The zero-order chi connectivity index (χ0) is 9.97. The van der Waals surface area contributed by atoms with E-state index in [0.717, 1.165) is 6.54 Å². The standard InChI is InChI=1S/C10H14N2O2/c13-10(14)2-1-7-12-9(5-6-11-12)8-3-4-8/h5-6,8H,1-4,7H2,(H,13,14). The molecule has 1 aromatic rings. The quantitative estimate of drug-likeness (QED) is 0.775. The summed E-state index contributed by atoms with van der Waals surface area (Å²) in [6.07, 6.45) is 5.20. The molecule has 0 spiro atoms. The molecule has 0 aromatic carbocycles. The fraction of sp³-hybridized carbons (Fsp3) is 0.600. The Bertz CT molecular complexity index is 329. The predicted octanol–water partition coefficient (Wildman–Crippen LogP) is 1.63. The Morgan fingerprint density at radius 2 is 2.43 bits per heavy atom. The van der Waals surface area contributed by atoms with Crippen LogP contribution in [0.15, 0.2) is 12.3 Å². The normalized spacial score (nSPS) is 15.7. The SMILES string of the molecule is O=C(O)CCCn1nccc1C1CC1. The zero-order valence-electron chi connectivity index (χ0n) is 8.02. The van der Waals surface area contributed by atoms with Gasteiger partial charge in [-0.2, -0.15) is 5.10 Å². The van der Waals surface area contributed by atoms with Crippen molar-refractivity contribution in [2.24, 2.45) is 0 Å². The van der Waals surface area contributed by atoms with Crippen LogP contribution in [0.4, 0.5) is 0 Å². The number of carbonyl (C=O) groups is 1. The summed E-state index contributed by atoms with van der Waals surface area (Å²) in [6.45, 7) is 0.727. The fourth-order valence-electron chi connectivity index (χ4n) is 1.64. The molecule has 0 atom stereocenters. The number of rotatable bonds is 5. The summed E-state index contributed by atoms with van der Waals surface area (Å²) < 4.78 is 1.95. The zero-order valence-corrected chi connectivity index (χ0v) is 8.02. The average molecular weight is 194 g/mol. The summed E-state index contributed by atoms with van der Waals surface area (Å²) >= 11 is 0. The highest BCUT2D eigenvalue weighted by atomic mass is 16.4. The van der Waals surface area contributed by atoms with Gasteiger partial charge in [0.2, 0.25) is 0 Å². The van der Waals surface area contributed by atoms with Crippen LogP contribution in [0.3, 0.4) is 0 Å². The molecule has 2 rings (SSSR count). The minimum atomic E-state index is -0.731. The molecule has 0 bridgehead atoms. The Labute approximate surface area is 82.5 Å². The maximum Gasteiger partial charge on any atom is 0.303 e. The van der Waals surface area contributed by atoms with Crippen LogP contribution in [0, 0.1) is 0 Å². The van der Waals surface area contributed by atoms with Crippen molar-refractivity contribution in [1.29, 1.82) is 0 Å². The molecule has 4 heteroatoms. The van der Waals surface area contributed by atoms with Gasteiger partial charge >= 0.3 is 5.97 Å². The van der Waals surface area contributed by atoms with Crippen molar-refractivity contribution >= 4 is 5.97 Å². The van der Waals surface area contributed by atoms with Crippen LogP contribution in [0.1, 0.15) is 37.3 Å².